The second kappa shape index (κ2) is 9.53. The maximum absolute atomic E-state index is 10.2. The molecule has 0 amide bonds. The average Bonchev–Trinajstić information content (AvgIpc) is 3.14. The molecule has 0 unspecified atom stereocenters. The number of aliphatic hydroxyl groups excluding tert-OH is 4. The Morgan fingerprint density at radius 2 is 1.81 bits per heavy atom. The van der Waals surface area contributed by atoms with Gasteiger partial charge in [-0.3, -0.25) is 0 Å². The molecule has 0 saturated carbocycles. The van der Waals surface area contributed by atoms with E-state index in [1.807, 2.05) is 37.4 Å². The highest BCUT2D eigenvalue weighted by Gasteiger charge is 2.44. The zero-order valence-corrected chi connectivity index (χ0v) is 18.5. The van der Waals surface area contributed by atoms with Crippen LogP contribution in [0.15, 0.2) is 42.5 Å². The molecular formula is C23H26NO7S+. The van der Waals surface area contributed by atoms with Gasteiger partial charge in [-0.2, -0.15) is 4.57 Å². The Bertz CT molecular complexity index is 1110. The van der Waals surface area contributed by atoms with Crippen LogP contribution in [0.25, 0.3) is 22.4 Å². The van der Waals surface area contributed by atoms with Crippen LogP contribution in [-0.2, 0) is 11.8 Å². The molecule has 32 heavy (non-hydrogen) atoms. The first-order chi connectivity index (χ1) is 15.4. The molecule has 0 radical (unpaired) electrons. The fourth-order valence-electron chi connectivity index (χ4n) is 3.61. The molecule has 1 aliphatic rings. The fraction of sp³-hybridized carbons (Fsp3) is 0.348. The van der Waals surface area contributed by atoms with E-state index in [4.69, 9.17) is 14.2 Å². The second-order valence-corrected chi connectivity index (χ2v) is 8.59. The van der Waals surface area contributed by atoms with Crippen LogP contribution in [0.5, 0.6) is 11.5 Å². The van der Waals surface area contributed by atoms with Crippen molar-refractivity contribution in [3.8, 4) is 11.5 Å². The van der Waals surface area contributed by atoms with Crippen molar-refractivity contribution in [3.05, 3.63) is 53.0 Å². The van der Waals surface area contributed by atoms with Gasteiger partial charge in [0.2, 0.25) is 11.8 Å². The molecule has 5 atom stereocenters. The van der Waals surface area contributed by atoms with Gasteiger partial charge in [-0.25, -0.2) is 0 Å². The third-order valence-electron chi connectivity index (χ3n) is 5.47. The highest BCUT2D eigenvalue weighted by molar-refractivity contribution is 7.18. The Hall–Kier alpha value is -2.53. The maximum Gasteiger partial charge on any atom is 0.262 e. The SMILES string of the molecule is COc1cc(C=Cc2sc3ccccc3[n+]2C)ccc1O[C@@H]1O[C@H](CO)[C@H](O)[C@H](O)[C@H]1O. The van der Waals surface area contributed by atoms with Crippen molar-refractivity contribution in [1.82, 2.24) is 0 Å². The van der Waals surface area contributed by atoms with Gasteiger partial charge in [0.25, 0.3) is 5.01 Å². The molecule has 8 nitrogen and oxygen atoms in total. The summed E-state index contributed by atoms with van der Waals surface area (Å²) in [5.74, 6) is 0.700. The van der Waals surface area contributed by atoms with Crippen molar-refractivity contribution in [2.75, 3.05) is 13.7 Å². The van der Waals surface area contributed by atoms with Crippen LogP contribution in [-0.4, -0.2) is 64.8 Å². The van der Waals surface area contributed by atoms with Crippen molar-refractivity contribution >= 4 is 33.7 Å². The third kappa shape index (κ3) is 4.36. The van der Waals surface area contributed by atoms with Gasteiger partial charge in [-0.05, 0) is 29.8 Å². The van der Waals surface area contributed by atoms with E-state index in [-0.39, 0.29) is 0 Å². The molecule has 2 heterocycles. The summed E-state index contributed by atoms with van der Waals surface area (Å²) in [5, 5.41) is 40.5. The number of aryl methyl sites for hydroxylation is 1. The molecule has 2 aromatic carbocycles. The summed E-state index contributed by atoms with van der Waals surface area (Å²) in [6.07, 6.45) is -2.79. The Morgan fingerprint density at radius 1 is 1.03 bits per heavy atom. The van der Waals surface area contributed by atoms with Gasteiger partial charge in [-0.1, -0.05) is 29.5 Å². The minimum Gasteiger partial charge on any atom is -0.493 e. The Labute approximate surface area is 189 Å². The van der Waals surface area contributed by atoms with Gasteiger partial charge < -0.3 is 34.6 Å². The van der Waals surface area contributed by atoms with Crippen LogP contribution in [0.4, 0.5) is 0 Å². The molecule has 1 aliphatic heterocycles. The monoisotopic (exact) mass is 460 g/mol. The average molecular weight is 461 g/mol. The van der Waals surface area contributed by atoms with Crippen LogP contribution < -0.4 is 14.0 Å². The molecule has 170 valence electrons. The standard InChI is InChI=1S/C23H26NO7S/c1-24-14-5-3-4-6-18(14)32-19(24)10-8-13-7-9-15(16(11-13)29-2)30-23-22(28)21(27)20(26)17(12-25)31-23/h3-11,17,20-23,25-28H,12H2,1-2H3/q+1/t17-,20+,21+,22-,23-/m1/s1. The van der Waals surface area contributed by atoms with Gasteiger partial charge in [0, 0.05) is 12.1 Å². The van der Waals surface area contributed by atoms with E-state index in [0.29, 0.717) is 11.5 Å². The lowest BCUT2D eigenvalue weighted by atomic mass is 9.99. The summed E-state index contributed by atoms with van der Waals surface area (Å²) >= 11 is 1.69. The smallest absolute Gasteiger partial charge is 0.262 e. The molecule has 0 spiro atoms. The first-order valence-electron chi connectivity index (χ1n) is 10.1. The largest absolute Gasteiger partial charge is 0.493 e. The van der Waals surface area contributed by atoms with Crippen LogP contribution in [0.3, 0.4) is 0 Å². The van der Waals surface area contributed by atoms with Crippen molar-refractivity contribution in [2.24, 2.45) is 7.05 Å². The number of hydrogen-bond acceptors (Lipinski definition) is 8. The van der Waals surface area contributed by atoms with Crippen LogP contribution in [0.2, 0.25) is 0 Å². The van der Waals surface area contributed by atoms with Gasteiger partial charge in [-0.15, -0.1) is 0 Å². The number of aliphatic hydroxyl groups is 4. The normalized spacial score (nSPS) is 26.0. The lowest BCUT2D eigenvalue weighted by Gasteiger charge is -2.39. The molecule has 1 fully saturated rings. The minimum absolute atomic E-state index is 0.293. The van der Waals surface area contributed by atoms with Crippen molar-refractivity contribution in [1.29, 1.82) is 0 Å². The number of para-hydroxylation sites is 1. The molecule has 0 aliphatic carbocycles. The van der Waals surface area contributed by atoms with Crippen LogP contribution >= 0.6 is 11.3 Å². The topological polar surface area (TPSA) is 112 Å². The predicted octanol–water partition coefficient (Wildman–Crippen LogP) is 1.08. The van der Waals surface area contributed by atoms with E-state index in [9.17, 15) is 20.4 Å². The van der Waals surface area contributed by atoms with Gasteiger partial charge in [0.05, 0.1) is 13.7 Å². The van der Waals surface area contributed by atoms with Crippen LogP contribution in [0, 0.1) is 0 Å². The Morgan fingerprint density at radius 3 is 2.53 bits per heavy atom. The van der Waals surface area contributed by atoms with Gasteiger partial charge >= 0.3 is 0 Å². The first-order valence-corrected chi connectivity index (χ1v) is 11.0. The summed E-state index contributed by atoms with van der Waals surface area (Å²) < 4.78 is 19.9. The molecule has 0 bridgehead atoms. The number of hydrogen-bond donors (Lipinski definition) is 4. The van der Waals surface area contributed by atoms with Crippen molar-refractivity contribution in [2.45, 2.75) is 30.7 Å². The number of aromatic nitrogens is 1. The Balaban J connectivity index is 1.54. The van der Waals surface area contributed by atoms with E-state index < -0.39 is 37.3 Å². The van der Waals surface area contributed by atoms with Crippen molar-refractivity contribution < 1.29 is 39.2 Å². The zero-order valence-electron chi connectivity index (χ0n) is 17.7. The van der Waals surface area contributed by atoms with E-state index in [0.717, 1.165) is 16.1 Å². The van der Waals surface area contributed by atoms with Gasteiger partial charge in [0.15, 0.2) is 11.5 Å². The van der Waals surface area contributed by atoms with Gasteiger partial charge in [0.1, 0.15) is 36.2 Å². The number of methoxy groups -OCH3 is 1. The minimum atomic E-state index is -1.51. The molecule has 9 heteroatoms. The number of nitrogens with zero attached hydrogens (tertiary/aromatic N) is 1. The molecule has 4 N–H and O–H groups in total. The van der Waals surface area contributed by atoms with E-state index in [1.54, 1.807) is 23.5 Å². The molecule has 1 saturated heterocycles. The summed E-state index contributed by atoms with van der Waals surface area (Å²) in [6, 6.07) is 13.5. The lowest BCUT2D eigenvalue weighted by Crippen LogP contribution is -2.60. The third-order valence-corrected chi connectivity index (χ3v) is 6.65. The van der Waals surface area contributed by atoms with E-state index in [1.165, 1.54) is 11.8 Å². The predicted molar refractivity (Wildman–Crippen MR) is 119 cm³/mol. The Kier molecular flexibility index (Phi) is 6.75. The fourth-order valence-corrected chi connectivity index (χ4v) is 4.66. The summed E-state index contributed by atoms with van der Waals surface area (Å²) in [5.41, 5.74) is 2.04. The lowest BCUT2D eigenvalue weighted by molar-refractivity contribution is -0.642. The van der Waals surface area contributed by atoms with Crippen LogP contribution in [0.1, 0.15) is 10.6 Å². The quantitative estimate of drug-likeness (QED) is 0.407. The highest BCUT2D eigenvalue weighted by atomic mass is 32.1. The number of benzene rings is 2. The number of ether oxygens (including phenoxy) is 3. The molecule has 4 rings (SSSR count). The maximum atomic E-state index is 10.2. The first kappa shape index (κ1) is 22.7. The molecular weight excluding hydrogens is 434 g/mol. The molecule has 1 aromatic heterocycles. The molecule has 3 aromatic rings. The zero-order chi connectivity index (χ0) is 22.8. The van der Waals surface area contributed by atoms with Crippen molar-refractivity contribution in [3.63, 3.8) is 0 Å². The second-order valence-electron chi connectivity index (χ2n) is 7.53. The summed E-state index contributed by atoms with van der Waals surface area (Å²) in [6.45, 7) is -0.527. The van der Waals surface area contributed by atoms with E-state index in [2.05, 4.69) is 16.7 Å². The number of rotatable bonds is 6. The van der Waals surface area contributed by atoms with E-state index >= 15 is 0 Å². The number of fused-ring (bicyclic) bond motifs is 1. The number of thiazole rings is 1. The highest BCUT2D eigenvalue weighted by Crippen LogP contribution is 2.32. The summed E-state index contributed by atoms with van der Waals surface area (Å²) in [7, 11) is 3.52. The summed E-state index contributed by atoms with van der Waals surface area (Å²) in [4.78, 5) is 0.